The molecule has 0 bridgehead atoms. The Labute approximate surface area is 182 Å². The van der Waals surface area contributed by atoms with Crippen LogP contribution < -0.4 is 10.6 Å². The molecule has 0 aliphatic carbocycles. The Bertz CT molecular complexity index is 970. The minimum atomic E-state index is -3.58. The van der Waals surface area contributed by atoms with Gasteiger partial charge >= 0.3 is 0 Å². The number of anilines is 1. The number of rotatable bonds is 12. The van der Waals surface area contributed by atoms with E-state index in [2.05, 4.69) is 10.6 Å². The van der Waals surface area contributed by atoms with Crippen LogP contribution in [0.4, 0.5) is 11.4 Å². The smallest absolute Gasteiger partial charge is 0.269 e. The molecule has 31 heavy (non-hydrogen) atoms. The average molecular weight is 449 g/mol. The van der Waals surface area contributed by atoms with Crippen molar-refractivity contribution in [3.63, 3.8) is 0 Å². The van der Waals surface area contributed by atoms with Crippen molar-refractivity contribution in [1.29, 1.82) is 0 Å². The molecule has 0 fully saturated rings. The molecule has 2 N–H and O–H groups in total. The van der Waals surface area contributed by atoms with Gasteiger partial charge in [-0.1, -0.05) is 13.8 Å². The van der Waals surface area contributed by atoms with Gasteiger partial charge in [0, 0.05) is 49.6 Å². The maximum absolute atomic E-state index is 12.8. The van der Waals surface area contributed by atoms with Crippen LogP contribution in [-0.4, -0.2) is 49.7 Å². The Morgan fingerprint density at radius 3 is 2.06 bits per heavy atom. The number of non-ortho nitro benzene ring substituents is 1. The Morgan fingerprint density at radius 1 is 0.968 bits per heavy atom. The molecule has 2 rings (SSSR count). The molecule has 168 valence electrons. The highest BCUT2D eigenvalue weighted by atomic mass is 32.2. The molecule has 1 amide bonds. The normalized spacial score (nSPS) is 11.3. The highest BCUT2D eigenvalue weighted by molar-refractivity contribution is 7.89. The van der Waals surface area contributed by atoms with Crippen molar-refractivity contribution in [3.8, 4) is 0 Å². The number of carbonyl (C=O) groups is 1. The van der Waals surface area contributed by atoms with Crippen molar-refractivity contribution >= 4 is 27.3 Å². The van der Waals surface area contributed by atoms with Crippen LogP contribution in [0.5, 0.6) is 0 Å². The van der Waals surface area contributed by atoms with E-state index in [1.165, 1.54) is 40.7 Å². The quantitative estimate of drug-likeness (QED) is 0.292. The van der Waals surface area contributed by atoms with Gasteiger partial charge in [0.2, 0.25) is 10.0 Å². The van der Waals surface area contributed by atoms with E-state index in [1.807, 2.05) is 13.8 Å². The van der Waals surface area contributed by atoms with Crippen LogP contribution in [-0.2, 0) is 10.0 Å². The van der Waals surface area contributed by atoms with Crippen LogP contribution in [0, 0.1) is 10.1 Å². The summed E-state index contributed by atoms with van der Waals surface area (Å²) in [5, 5.41) is 16.5. The van der Waals surface area contributed by atoms with Crippen LogP contribution in [0.15, 0.2) is 53.4 Å². The lowest BCUT2D eigenvalue weighted by molar-refractivity contribution is -0.384. The lowest BCUT2D eigenvalue weighted by Gasteiger charge is -2.21. The van der Waals surface area contributed by atoms with Crippen LogP contribution in [0.3, 0.4) is 0 Å². The highest BCUT2D eigenvalue weighted by Gasteiger charge is 2.23. The van der Waals surface area contributed by atoms with Crippen molar-refractivity contribution in [2.75, 3.05) is 31.5 Å². The van der Waals surface area contributed by atoms with Gasteiger partial charge in [-0.25, -0.2) is 8.42 Å². The zero-order valence-corrected chi connectivity index (χ0v) is 18.5. The molecule has 0 unspecified atom stereocenters. The number of nitro groups is 1. The van der Waals surface area contributed by atoms with E-state index < -0.39 is 14.9 Å². The van der Waals surface area contributed by atoms with Crippen LogP contribution in [0.1, 0.15) is 37.0 Å². The summed E-state index contributed by atoms with van der Waals surface area (Å²) in [6, 6.07) is 11.9. The van der Waals surface area contributed by atoms with E-state index in [9.17, 15) is 23.3 Å². The molecule has 10 heteroatoms. The number of nitrogens with one attached hydrogen (secondary N) is 2. The molecule has 0 spiro atoms. The summed E-state index contributed by atoms with van der Waals surface area (Å²) in [6.45, 7) is 5.54. The lowest BCUT2D eigenvalue weighted by Crippen LogP contribution is -2.32. The number of amides is 1. The summed E-state index contributed by atoms with van der Waals surface area (Å²) in [4.78, 5) is 22.7. The number of hydrogen-bond donors (Lipinski definition) is 2. The molecule has 0 radical (unpaired) electrons. The Balaban J connectivity index is 1.89. The minimum absolute atomic E-state index is 0.0109. The summed E-state index contributed by atoms with van der Waals surface area (Å²) < 4.78 is 27.0. The standard InChI is InChI=1S/C21H28N4O5S/c1-3-15-24(16-4-2)31(29,30)20-11-5-17(6-12-20)21(26)23-14-13-22-18-7-9-19(10-8-18)25(27)28/h5-12,22H,3-4,13-16H2,1-2H3,(H,23,26). The molecule has 0 aliphatic rings. The van der Waals surface area contributed by atoms with Gasteiger partial charge in [0.05, 0.1) is 9.82 Å². The van der Waals surface area contributed by atoms with Gasteiger partial charge in [0.1, 0.15) is 0 Å². The van der Waals surface area contributed by atoms with Crippen LogP contribution >= 0.6 is 0 Å². The van der Waals surface area contributed by atoms with E-state index in [0.717, 1.165) is 12.8 Å². The molecular weight excluding hydrogens is 420 g/mol. The molecular formula is C21H28N4O5S. The number of nitrogens with zero attached hydrogens (tertiary/aromatic N) is 2. The van der Waals surface area contributed by atoms with Crippen LogP contribution in [0.25, 0.3) is 0 Å². The van der Waals surface area contributed by atoms with Crippen molar-refractivity contribution in [3.05, 3.63) is 64.2 Å². The molecule has 0 saturated heterocycles. The van der Waals surface area contributed by atoms with Gasteiger partial charge in [-0.3, -0.25) is 14.9 Å². The predicted octanol–water partition coefficient (Wildman–Crippen LogP) is 3.25. The first-order valence-electron chi connectivity index (χ1n) is 10.2. The fraction of sp³-hybridized carbons (Fsp3) is 0.381. The third-order valence-corrected chi connectivity index (χ3v) is 6.43. The number of hydrogen-bond acceptors (Lipinski definition) is 6. The molecule has 0 aromatic heterocycles. The zero-order valence-electron chi connectivity index (χ0n) is 17.7. The van der Waals surface area contributed by atoms with E-state index in [-0.39, 0.29) is 16.5 Å². The maximum atomic E-state index is 12.8. The number of carbonyl (C=O) groups excluding carboxylic acids is 1. The molecule has 0 aliphatic heterocycles. The number of benzene rings is 2. The van der Waals surface area contributed by atoms with E-state index in [0.29, 0.717) is 37.4 Å². The second-order valence-electron chi connectivity index (χ2n) is 6.92. The van der Waals surface area contributed by atoms with Crippen molar-refractivity contribution in [1.82, 2.24) is 9.62 Å². The average Bonchev–Trinajstić information content (AvgIpc) is 2.76. The number of sulfonamides is 1. The van der Waals surface area contributed by atoms with E-state index in [4.69, 9.17) is 0 Å². The largest absolute Gasteiger partial charge is 0.383 e. The molecule has 0 heterocycles. The van der Waals surface area contributed by atoms with Gasteiger partial charge in [0.25, 0.3) is 11.6 Å². The monoisotopic (exact) mass is 448 g/mol. The lowest BCUT2D eigenvalue weighted by atomic mass is 10.2. The predicted molar refractivity (Wildman–Crippen MR) is 120 cm³/mol. The van der Waals surface area contributed by atoms with E-state index >= 15 is 0 Å². The first-order chi connectivity index (χ1) is 14.8. The van der Waals surface area contributed by atoms with Crippen molar-refractivity contribution in [2.45, 2.75) is 31.6 Å². The van der Waals surface area contributed by atoms with Gasteiger partial charge in [-0.05, 0) is 49.2 Å². The summed E-state index contributed by atoms with van der Waals surface area (Å²) in [5.74, 6) is -0.312. The second kappa shape index (κ2) is 11.4. The summed E-state index contributed by atoms with van der Waals surface area (Å²) >= 11 is 0. The summed E-state index contributed by atoms with van der Waals surface area (Å²) in [5.41, 5.74) is 1.08. The topological polar surface area (TPSA) is 122 Å². The fourth-order valence-electron chi connectivity index (χ4n) is 2.96. The highest BCUT2D eigenvalue weighted by Crippen LogP contribution is 2.18. The van der Waals surface area contributed by atoms with Crippen LogP contribution in [0.2, 0.25) is 0 Å². The Morgan fingerprint density at radius 2 is 1.55 bits per heavy atom. The van der Waals surface area contributed by atoms with Gasteiger partial charge < -0.3 is 10.6 Å². The summed E-state index contributed by atoms with van der Waals surface area (Å²) in [6.07, 6.45) is 1.46. The SMILES string of the molecule is CCCN(CCC)S(=O)(=O)c1ccc(C(=O)NCCNc2ccc([N+](=O)[O-])cc2)cc1. The third kappa shape index (κ3) is 6.76. The molecule has 2 aromatic carbocycles. The first-order valence-corrected chi connectivity index (χ1v) is 11.6. The molecule has 2 aromatic rings. The second-order valence-corrected chi connectivity index (χ2v) is 8.85. The molecule has 0 saturated carbocycles. The maximum Gasteiger partial charge on any atom is 0.269 e. The fourth-order valence-corrected chi connectivity index (χ4v) is 4.59. The number of nitro benzene ring substituents is 1. The Kier molecular flexibility index (Phi) is 8.95. The van der Waals surface area contributed by atoms with Crippen molar-refractivity contribution in [2.24, 2.45) is 0 Å². The minimum Gasteiger partial charge on any atom is -0.383 e. The summed E-state index contributed by atoms with van der Waals surface area (Å²) in [7, 11) is -3.58. The van der Waals surface area contributed by atoms with Gasteiger partial charge in [-0.15, -0.1) is 0 Å². The van der Waals surface area contributed by atoms with Gasteiger partial charge in [-0.2, -0.15) is 4.31 Å². The van der Waals surface area contributed by atoms with Gasteiger partial charge in [0.15, 0.2) is 0 Å². The first kappa shape index (κ1) is 24.3. The molecule has 0 atom stereocenters. The van der Waals surface area contributed by atoms with Crippen molar-refractivity contribution < 1.29 is 18.1 Å². The Hall–Kier alpha value is -2.98. The third-order valence-electron chi connectivity index (χ3n) is 4.52. The molecule has 9 nitrogen and oxygen atoms in total. The van der Waals surface area contributed by atoms with E-state index in [1.54, 1.807) is 12.1 Å². The zero-order chi connectivity index (χ0) is 22.9.